The lowest BCUT2D eigenvalue weighted by atomic mass is 10.0. The number of H-pyrrole nitrogens is 1. The Labute approximate surface area is 122 Å². The number of ether oxygens (including phenoxy) is 1. The minimum atomic E-state index is -0.249. The fourth-order valence-electron chi connectivity index (χ4n) is 2.23. The second-order valence-electron chi connectivity index (χ2n) is 4.59. The van der Waals surface area contributed by atoms with Gasteiger partial charge in [0.1, 0.15) is 11.6 Å². The van der Waals surface area contributed by atoms with Crippen LogP contribution in [0.1, 0.15) is 6.92 Å². The zero-order chi connectivity index (χ0) is 14.7. The van der Waals surface area contributed by atoms with Gasteiger partial charge in [0.25, 0.3) is 0 Å². The topological polar surface area (TPSA) is 37.9 Å². The summed E-state index contributed by atoms with van der Waals surface area (Å²) < 4.78 is 18.5. The third kappa shape index (κ3) is 2.79. The Hall–Kier alpha value is -2.62. The minimum absolute atomic E-state index is 0.249. The molecule has 21 heavy (non-hydrogen) atoms. The van der Waals surface area contributed by atoms with Crippen molar-refractivity contribution in [3.05, 3.63) is 60.7 Å². The number of hydrogen-bond acceptors (Lipinski definition) is 2. The van der Waals surface area contributed by atoms with E-state index in [1.807, 2.05) is 31.2 Å². The highest BCUT2D eigenvalue weighted by atomic mass is 19.1. The van der Waals surface area contributed by atoms with E-state index in [2.05, 4.69) is 9.97 Å². The van der Waals surface area contributed by atoms with E-state index in [1.54, 1.807) is 18.5 Å². The Balaban J connectivity index is 1.96. The fraction of sp³-hybridized carbons (Fsp3) is 0.118. The van der Waals surface area contributed by atoms with E-state index in [9.17, 15) is 4.39 Å². The molecule has 0 atom stereocenters. The zero-order valence-corrected chi connectivity index (χ0v) is 11.6. The van der Waals surface area contributed by atoms with Crippen LogP contribution in [0.3, 0.4) is 0 Å². The fourth-order valence-corrected chi connectivity index (χ4v) is 2.23. The molecule has 0 unspecified atom stereocenters. The number of aromatic nitrogens is 2. The van der Waals surface area contributed by atoms with E-state index in [4.69, 9.17) is 4.74 Å². The quantitative estimate of drug-likeness (QED) is 0.775. The molecule has 0 spiro atoms. The highest BCUT2D eigenvalue weighted by Gasteiger charge is 2.10. The Bertz CT molecular complexity index is 717. The third-order valence-corrected chi connectivity index (χ3v) is 3.21. The number of hydrogen-bond donors (Lipinski definition) is 1. The Morgan fingerprint density at radius 1 is 1.00 bits per heavy atom. The molecular formula is C17H15FN2O. The summed E-state index contributed by atoms with van der Waals surface area (Å²) in [6.07, 6.45) is 1.64. The first-order valence-corrected chi connectivity index (χ1v) is 6.80. The molecular weight excluding hydrogens is 267 g/mol. The van der Waals surface area contributed by atoms with Crippen molar-refractivity contribution in [2.24, 2.45) is 0 Å². The summed E-state index contributed by atoms with van der Waals surface area (Å²) in [4.78, 5) is 7.49. The molecule has 1 aromatic heterocycles. The smallest absolute Gasteiger partial charge is 0.123 e. The zero-order valence-electron chi connectivity index (χ0n) is 11.6. The first-order valence-electron chi connectivity index (χ1n) is 6.80. The van der Waals surface area contributed by atoms with Crippen molar-refractivity contribution in [1.82, 2.24) is 9.97 Å². The van der Waals surface area contributed by atoms with Gasteiger partial charge in [-0.3, -0.25) is 0 Å². The van der Waals surface area contributed by atoms with Crippen molar-refractivity contribution in [3.8, 4) is 28.3 Å². The van der Waals surface area contributed by atoms with Crippen molar-refractivity contribution in [2.75, 3.05) is 6.61 Å². The number of rotatable bonds is 4. The van der Waals surface area contributed by atoms with Gasteiger partial charge in [0.05, 0.1) is 24.3 Å². The van der Waals surface area contributed by atoms with E-state index in [0.29, 0.717) is 6.61 Å². The molecule has 106 valence electrons. The summed E-state index contributed by atoms with van der Waals surface area (Å²) in [7, 11) is 0. The van der Waals surface area contributed by atoms with Crippen LogP contribution in [0.15, 0.2) is 54.9 Å². The Morgan fingerprint density at radius 3 is 2.33 bits per heavy atom. The van der Waals surface area contributed by atoms with Crippen LogP contribution in [-0.2, 0) is 0 Å². The summed E-state index contributed by atoms with van der Waals surface area (Å²) in [6, 6.07) is 14.1. The summed E-state index contributed by atoms with van der Waals surface area (Å²) in [6.45, 7) is 2.59. The first kappa shape index (κ1) is 13.4. The van der Waals surface area contributed by atoms with Crippen molar-refractivity contribution < 1.29 is 9.13 Å². The first-order chi connectivity index (χ1) is 10.3. The van der Waals surface area contributed by atoms with E-state index in [1.165, 1.54) is 12.1 Å². The van der Waals surface area contributed by atoms with Crippen molar-refractivity contribution in [3.63, 3.8) is 0 Å². The molecule has 0 aliphatic heterocycles. The lowest BCUT2D eigenvalue weighted by molar-refractivity contribution is 0.340. The molecule has 2 aromatic carbocycles. The van der Waals surface area contributed by atoms with Gasteiger partial charge in [-0.15, -0.1) is 0 Å². The molecule has 0 fully saturated rings. The van der Waals surface area contributed by atoms with Crippen LogP contribution in [0.4, 0.5) is 4.39 Å². The average molecular weight is 282 g/mol. The highest BCUT2D eigenvalue weighted by Crippen LogP contribution is 2.30. The van der Waals surface area contributed by atoms with Gasteiger partial charge in [-0.1, -0.05) is 0 Å². The van der Waals surface area contributed by atoms with Crippen LogP contribution in [0.25, 0.3) is 22.5 Å². The normalized spacial score (nSPS) is 10.6. The van der Waals surface area contributed by atoms with Gasteiger partial charge in [0, 0.05) is 11.1 Å². The number of benzene rings is 2. The van der Waals surface area contributed by atoms with Crippen LogP contribution < -0.4 is 4.74 Å². The standard InChI is InChI=1S/C17H15FN2O/c1-2-21-15-9-5-13(6-10-15)17-16(19-11-20-17)12-3-7-14(18)8-4-12/h3-11H,2H2,1H3,(H,19,20). The highest BCUT2D eigenvalue weighted by molar-refractivity contribution is 5.78. The SMILES string of the molecule is CCOc1ccc(-c2nc[nH]c2-c2ccc(F)cc2)cc1. The Morgan fingerprint density at radius 2 is 1.67 bits per heavy atom. The molecule has 3 nitrogen and oxygen atoms in total. The van der Waals surface area contributed by atoms with Gasteiger partial charge in [0.15, 0.2) is 0 Å². The monoisotopic (exact) mass is 282 g/mol. The van der Waals surface area contributed by atoms with Gasteiger partial charge in [0.2, 0.25) is 0 Å². The number of aromatic amines is 1. The van der Waals surface area contributed by atoms with E-state index < -0.39 is 0 Å². The Kier molecular flexibility index (Phi) is 3.69. The van der Waals surface area contributed by atoms with Crippen molar-refractivity contribution in [2.45, 2.75) is 6.92 Å². The molecule has 3 rings (SSSR count). The number of nitrogens with zero attached hydrogens (tertiary/aromatic N) is 1. The summed E-state index contributed by atoms with van der Waals surface area (Å²) in [5, 5.41) is 0. The molecule has 0 radical (unpaired) electrons. The third-order valence-electron chi connectivity index (χ3n) is 3.21. The molecule has 0 bridgehead atoms. The van der Waals surface area contributed by atoms with Crippen LogP contribution in [0.2, 0.25) is 0 Å². The second-order valence-corrected chi connectivity index (χ2v) is 4.59. The molecule has 0 saturated heterocycles. The van der Waals surface area contributed by atoms with Gasteiger partial charge in [-0.05, 0) is 55.5 Å². The molecule has 1 N–H and O–H groups in total. The minimum Gasteiger partial charge on any atom is -0.494 e. The van der Waals surface area contributed by atoms with Gasteiger partial charge in [-0.25, -0.2) is 9.37 Å². The number of imidazole rings is 1. The molecule has 4 heteroatoms. The van der Waals surface area contributed by atoms with Crippen molar-refractivity contribution >= 4 is 0 Å². The van der Waals surface area contributed by atoms with Crippen LogP contribution in [-0.4, -0.2) is 16.6 Å². The molecule has 0 saturated carbocycles. The van der Waals surface area contributed by atoms with E-state index in [0.717, 1.165) is 28.3 Å². The summed E-state index contributed by atoms with van der Waals surface area (Å²) in [5.41, 5.74) is 3.60. The second kappa shape index (κ2) is 5.79. The predicted molar refractivity (Wildman–Crippen MR) is 80.6 cm³/mol. The maximum absolute atomic E-state index is 13.0. The number of halogens is 1. The molecule has 0 amide bonds. The molecule has 3 aromatic rings. The number of nitrogens with one attached hydrogen (secondary N) is 1. The summed E-state index contributed by atoms with van der Waals surface area (Å²) >= 11 is 0. The van der Waals surface area contributed by atoms with Crippen molar-refractivity contribution in [1.29, 1.82) is 0 Å². The summed E-state index contributed by atoms with van der Waals surface area (Å²) in [5.74, 6) is 0.584. The van der Waals surface area contributed by atoms with Gasteiger partial charge in [-0.2, -0.15) is 0 Å². The molecule has 0 aliphatic carbocycles. The molecule has 1 heterocycles. The van der Waals surface area contributed by atoms with Gasteiger partial charge < -0.3 is 9.72 Å². The predicted octanol–water partition coefficient (Wildman–Crippen LogP) is 4.28. The maximum Gasteiger partial charge on any atom is 0.123 e. The average Bonchev–Trinajstić information content (AvgIpc) is 2.99. The lowest BCUT2D eigenvalue weighted by Crippen LogP contribution is -1.91. The van der Waals surface area contributed by atoms with Crippen LogP contribution >= 0.6 is 0 Å². The van der Waals surface area contributed by atoms with E-state index in [-0.39, 0.29) is 5.82 Å². The molecule has 0 aliphatic rings. The van der Waals surface area contributed by atoms with Crippen LogP contribution in [0.5, 0.6) is 5.75 Å². The van der Waals surface area contributed by atoms with E-state index >= 15 is 0 Å². The van der Waals surface area contributed by atoms with Gasteiger partial charge >= 0.3 is 0 Å². The largest absolute Gasteiger partial charge is 0.494 e. The maximum atomic E-state index is 13.0. The lowest BCUT2D eigenvalue weighted by Gasteiger charge is -2.06. The van der Waals surface area contributed by atoms with Crippen LogP contribution in [0, 0.1) is 5.82 Å².